The van der Waals surface area contributed by atoms with E-state index in [-0.39, 0.29) is 11.6 Å². The largest absolute Gasteiger partial charge is 0.324 e. The summed E-state index contributed by atoms with van der Waals surface area (Å²) in [6, 6.07) is 8.60. The van der Waals surface area contributed by atoms with Gasteiger partial charge in [-0.2, -0.15) is 0 Å². The molecule has 0 amide bonds. The summed E-state index contributed by atoms with van der Waals surface area (Å²) in [6.45, 7) is 9.42. The molecule has 1 rings (SSSR count). The first-order valence-electron chi connectivity index (χ1n) is 5.48. The van der Waals surface area contributed by atoms with Crippen molar-refractivity contribution in [3.63, 3.8) is 0 Å². The van der Waals surface area contributed by atoms with E-state index in [0.29, 0.717) is 0 Å². The third kappa shape index (κ3) is 4.45. The zero-order valence-corrected chi connectivity index (χ0v) is 10.2. The van der Waals surface area contributed by atoms with Crippen LogP contribution in [0.5, 0.6) is 0 Å². The summed E-state index contributed by atoms with van der Waals surface area (Å²) < 4.78 is 0. The molecule has 2 heteroatoms. The van der Waals surface area contributed by atoms with Gasteiger partial charge in [-0.3, -0.25) is 0 Å². The molecule has 0 bridgehead atoms. The van der Waals surface area contributed by atoms with Gasteiger partial charge in [-0.15, -0.1) is 0 Å². The Kier molecular flexibility index (Phi) is 3.89. The predicted octanol–water partition coefficient (Wildman–Crippen LogP) is 2.59. The number of hydrogen-bond donors (Lipinski definition) is 2. The molecule has 0 aliphatic carbocycles. The molecule has 0 aromatic heterocycles. The monoisotopic (exact) mass is 206 g/mol. The Balaban J connectivity index is 2.57. The maximum Gasteiger partial charge on any atom is 0.0266 e. The first-order chi connectivity index (χ1) is 6.88. The molecule has 1 unspecified atom stereocenters. The third-order valence-corrected chi connectivity index (χ3v) is 2.33. The first kappa shape index (κ1) is 12.2. The average Bonchev–Trinajstić information content (AvgIpc) is 2.14. The average molecular weight is 206 g/mol. The minimum atomic E-state index is 0.120. The van der Waals surface area contributed by atoms with Crippen LogP contribution < -0.4 is 11.1 Å². The van der Waals surface area contributed by atoms with Crippen molar-refractivity contribution in [2.75, 3.05) is 0 Å². The van der Waals surface area contributed by atoms with Crippen LogP contribution in [0.15, 0.2) is 24.3 Å². The molecule has 0 spiro atoms. The van der Waals surface area contributed by atoms with E-state index < -0.39 is 0 Å². The van der Waals surface area contributed by atoms with Crippen molar-refractivity contribution in [3.05, 3.63) is 35.4 Å². The van der Waals surface area contributed by atoms with Crippen LogP contribution in [-0.4, -0.2) is 5.54 Å². The summed E-state index contributed by atoms with van der Waals surface area (Å²) in [5, 5.41) is 3.46. The van der Waals surface area contributed by atoms with Crippen LogP contribution in [0.25, 0.3) is 0 Å². The van der Waals surface area contributed by atoms with Gasteiger partial charge < -0.3 is 11.1 Å². The van der Waals surface area contributed by atoms with Gasteiger partial charge in [0.2, 0.25) is 0 Å². The summed E-state index contributed by atoms with van der Waals surface area (Å²) in [4.78, 5) is 0. The molecule has 1 atom stereocenters. The molecule has 2 nitrogen and oxygen atoms in total. The molecule has 1 aromatic rings. The molecule has 0 aliphatic rings. The fourth-order valence-corrected chi connectivity index (χ4v) is 1.31. The molecule has 0 aliphatic heterocycles. The Morgan fingerprint density at radius 3 is 2.13 bits per heavy atom. The normalized spacial score (nSPS) is 13.9. The maximum atomic E-state index is 5.79. The maximum absolute atomic E-state index is 5.79. The highest BCUT2D eigenvalue weighted by molar-refractivity contribution is 5.24. The minimum Gasteiger partial charge on any atom is -0.324 e. The highest BCUT2D eigenvalue weighted by atomic mass is 14.9. The molecular formula is C13H22N2. The van der Waals surface area contributed by atoms with Gasteiger partial charge in [0.15, 0.2) is 0 Å². The predicted molar refractivity (Wildman–Crippen MR) is 65.6 cm³/mol. The number of hydrogen-bond acceptors (Lipinski definition) is 2. The van der Waals surface area contributed by atoms with Crippen LogP contribution in [-0.2, 0) is 6.54 Å². The second-order valence-electron chi connectivity index (χ2n) is 5.13. The van der Waals surface area contributed by atoms with E-state index in [1.54, 1.807) is 0 Å². The van der Waals surface area contributed by atoms with Crippen LogP contribution in [0, 0.1) is 0 Å². The van der Waals surface area contributed by atoms with Crippen molar-refractivity contribution >= 4 is 0 Å². The summed E-state index contributed by atoms with van der Waals surface area (Å²) in [5.74, 6) is 0. The topological polar surface area (TPSA) is 38.0 Å². The number of rotatable bonds is 3. The Morgan fingerprint density at radius 2 is 1.73 bits per heavy atom. The summed E-state index contributed by atoms with van der Waals surface area (Å²) in [7, 11) is 0. The Labute approximate surface area is 92.9 Å². The van der Waals surface area contributed by atoms with Crippen molar-refractivity contribution in [1.82, 2.24) is 5.32 Å². The fourth-order valence-electron chi connectivity index (χ4n) is 1.31. The quantitative estimate of drug-likeness (QED) is 0.797. The van der Waals surface area contributed by atoms with Crippen LogP contribution in [0.4, 0.5) is 0 Å². The van der Waals surface area contributed by atoms with Crippen molar-refractivity contribution in [2.45, 2.75) is 45.8 Å². The van der Waals surface area contributed by atoms with Gasteiger partial charge in [-0.1, -0.05) is 24.3 Å². The Morgan fingerprint density at radius 1 is 1.20 bits per heavy atom. The summed E-state index contributed by atoms with van der Waals surface area (Å²) >= 11 is 0. The second-order valence-corrected chi connectivity index (χ2v) is 5.13. The molecule has 0 heterocycles. The van der Waals surface area contributed by atoms with Crippen molar-refractivity contribution in [3.8, 4) is 0 Å². The van der Waals surface area contributed by atoms with E-state index in [0.717, 1.165) is 6.54 Å². The zero-order valence-electron chi connectivity index (χ0n) is 10.2. The molecule has 0 saturated heterocycles. The van der Waals surface area contributed by atoms with Gasteiger partial charge in [-0.25, -0.2) is 0 Å². The molecule has 84 valence electrons. The van der Waals surface area contributed by atoms with Crippen molar-refractivity contribution in [1.29, 1.82) is 0 Å². The number of nitrogens with two attached hydrogens (primary N) is 1. The van der Waals surface area contributed by atoms with Gasteiger partial charge in [0, 0.05) is 18.1 Å². The molecule has 3 N–H and O–H groups in total. The van der Waals surface area contributed by atoms with Crippen LogP contribution in [0.3, 0.4) is 0 Å². The van der Waals surface area contributed by atoms with Crippen LogP contribution in [0.2, 0.25) is 0 Å². The summed E-state index contributed by atoms with van der Waals surface area (Å²) in [5.41, 5.74) is 8.45. The number of benzene rings is 1. The Bertz CT molecular complexity index is 293. The second kappa shape index (κ2) is 4.77. The molecular weight excluding hydrogens is 184 g/mol. The lowest BCUT2D eigenvalue weighted by molar-refractivity contribution is 0.424. The highest BCUT2D eigenvalue weighted by Gasteiger charge is 2.08. The van der Waals surface area contributed by atoms with Crippen LogP contribution >= 0.6 is 0 Å². The first-order valence-corrected chi connectivity index (χ1v) is 5.48. The van der Waals surface area contributed by atoms with Gasteiger partial charge in [0.05, 0.1) is 0 Å². The van der Waals surface area contributed by atoms with E-state index in [4.69, 9.17) is 5.73 Å². The smallest absolute Gasteiger partial charge is 0.0266 e. The lowest BCUT2D eigenvalue weighted by Gasteiger charge is -2.20. The van der Waals surface area contributed by atoms with Gasteiger partial charge in [-0.05, 0) is 38.8 Å². The number of nitrogens with one attached hydrogen (secondary N) is 1. The lowest BCUT2D eigenvalue weighted by atomic mass is 10.1. The minimum absolute atomic E-state index is 0.120. The molecule has 0 radical (unpaired) electrons. The zero-order chi connectivity index (χ0) is 11.5. The van der Waals surface area contributed by atoms with E-state index in [9.17, 15) is 0 Å². The molecule has 0 saturated carbocycles. The van der Waals surface area contributed by atoms with Gasteiger partial charge in [0.1, 0.15) is 0 Å². The summed E-state index contributed by atoms with van der Waals surface area (Å²) in [6.07, 6.45) is 0. The Hall–Kier alpha value is -0.860. The fraction of sp³-hybridized carbons (Fsp3) is 0.538. The van der Waals surface area contributed by atoms with E-state index in [1.807, 2.05) is 6.92 Å². The lowest BCUT2D eigenvalue weighted by Crippen LogP contribution is -2.35. The van der Waals surface area contributed by atoms with Crippen LogP contribution in [0.1, 0.15) is 44.9 Å². The van der Waals surface area contributed by atoms with Crippen molar-refractivity contribution < 1.29 is 0 Å². The van der Waals surface area contributed by atoms with Gasteiger partial charge >= 0.3 is 0 Å². The van der Waals surface area contributed by atoms with Crippen molar-refractivity contribution in [2.24, 2.45) is 5.73 Å². The van der Waals surface area contributed by atoms with E-state index in [1.165, 1.54) is 11.1 Å². The molecule has 0 fully saturated rings. The molecule has 1 aromatic carbocycles. The van der Waals surface area contributed by atoms with E-state index >= 15 is 0 Å². The van der Waals surface area contributed by atoms with E-state index in [2.05, 4.69) is 50.4 Å². The standard InChI is InChI=1S/C13H22N2/c1-10(14)12-7-5-11(6-8-12)9-15-13(2,3)4/h5-8,10,15H,9,14H2,1-4H3. The van der Waals surface area contributed by atoms with Gasteiger partial charge in [0.25, 0.3) is 0 Å². The third-order valence-electron chi connectivity index (χ3n) is 2.33. The SMILES string of the molecule is CC(N)c1ccc(CNC(C)(C)C)cc1. The molecule has 15 heavy (non-hydrogen) atoms. The highest BCUT2D eigenvalue weighted by Crippen LogP contribution is 2.11.